The van der Waals surface area contributed by atoms with Crippen molar-refractivity contribution < 1.29 is 0 Å². The van der Waals surface area contributed by atoms with Crippen molar-refractivity contribution in [1.82, 2.24) is 4.90 Å². The average molecular weight is 330 g/mol. The molecule has 1 atom stereocenters. The fraction of sp³-hybridized carbons (Fsp3) is 0.739. The molecule has 1 heteroatoms. The lowest BCUT2D eigenvalue weighted by atomic mass is 9.99. The molecule has 136 valence electrons. The molecule has 1 saturated heterocycles. The topological polar surface area (TPSA) is 3.24 Å². The van der Waals surface area contributed by atoms with Crippen LogP contribution in [0, 0.1) is 0 Å². The van der Waals surface area contributed by atoms with Crippen molar-refractivity contribution in [2.24, 2.45) is 0 Å². The van der Waals surface area contributed by atoms with Gasteiger partial charge >= 0.3 is 0 Å². The quantitative estimate of drug-likeness (QED) is 0.376. The Morgan fingerprint density at radius 2 is 1.58 bits per heavy atom. The number of benzene rings is 1. The average Bonchev–Trinajstić information content (AvgIpc) is 3.03. The minimum absolute atomic E-state index is 0.664. The molecule has 0 spiro atoms. The van der Waals surface area contributed by atoms with Gasteiger partial charge in [0.1, 0.15) is 0 Å². The van der Waals surface area contributed by atoms with Crippen LogP contribution in [0.4, 0.5) is 0 Å². The van der Waals surface area contributed by atoms with Crippen LogP contribution in [0.1, 0.15) is 101 Å². The third kappa shape index (κ3) is 6.97. The van der Waals surface area contributed by atoms with E-state index >= 15 is 0 Å². The number of likely N-dealkylation sites (tertiary alicyclic amines) is 1. The van der Waals surface area contributed by atoms with Gasteiger partial charge in [0.2, 0.25) is 0 Å². The first kappa shape index (κ1) is 19.5. The van der Waals surface area contributed by atoms with Crippen molar-refractivity contribution in [1.29, 1.82) is 0 Å². The molecule has 1 aliphatic heterocycles. The van der Waals surface area contributed by atoms with E-state index < -0.39 is 0 Å². The highest BCUT2D eigenvalue weighted by Gasteiger charge is 2.22. The van der Waals surface area contributed by atoms with Crippen LogP contribution < -0.4 is 0 Å². The number of unbranched alkanes of at least 4 members (excludes halogenated alkanes) is 9. The fourth-order valence-electron chi connectivity index (χ4n) is 4.10. The molecule has 1 unspecified atom stereocenters. The summed E-state index contributed by atoms with van der Waals surface area (Å²) < 4.78 is 0. The van der Waals surface area contributed by atoms with E-state index in [1.54, 1.807) is 11.1 Å². The first-order valence-corrected chi connectivity index (χ1v) is 10.6. The van der Waals surface area contributed by atoms with Gasteiger partial charge < -0.3 is 0 Å². The van der Waals surface area contributed by atoms with Gasteiger partial charge in [0.05, 0.1) is 0 Å². The summed E-state index contributed by atoms with van der Waals surface area (Å²) in [5.41, 5.74) is 3.09. The minimum Gasteiger partial charge on any atom is -0.299 e. The normalized spacial score (nSPS) is 18.3. The van der Waals surface area contributed by atoms with Crippen molar-refractivity contribution >= 4 is 0 Å². The van der Waals surface area contributed by atoms with Gasteiger partial charge in [0.15, 0.2) is 0 Å². The SMILES string of the molecule is CCCCCCCCCCCCc1cccc(C2CCCN2C)c1. The molecule has 0 aromatic heterocycles. The molecule has 24 heavy (non-hydrogen) atoms. The number of aryl methyl sites for hydroxylation is 1. The van der Waals surface area contributed by atoms with Gasteiger partial charge in [-0.3, -0.25) is 4.90 Å². The Morgan fingerprint density at radius 1 is 0.917 bits per heavy atom. The van der Waals surface area contributed by atoms with E-state index in [1.165, 1.54) is 90.0 Å². The van der Waals surface area contributed by atoms with Gasteiger partial charge in [0.25, 0.3) is 0 Å². The molecule has 1 aromatic rings. The Balaban J connectivity index is 1.56. The third-order valence-electron chi connectivity index (χ3n) is 5.68. The van der Waals surface area contributed by atoms with E-state index in [1.807, 2.05) is 0 Å². The van der Waals surface area contributed by atoms with Gasteiger partial charge in [-0.15, -0.1) is 0 Å². The van der Waals surface area contributed by atoms with Gasteiger partial charge in [-0.2, -0.15) is 0 Å². The van der Waals surface area contributed by atoms with Crippen LogP contribution >= 0.6 is 0 Å². The van der Waals surface area contributed by atoms with Gasteiger partial charge in [-0.25, -0.2) is 0 Å². The molecule has 2 rings (SSSR count). The number of hydrogen-bond donors (Lipinski definition) is 0. The summed E-state index contributed by atoms with van der Waals surface area (Å²) in [6, 6.07) is 10.1. The first-order chi connectivity index (χ1) is 11.8. The van der Waals surface area contributed by atoms with E-state index in [4.69, 9.17) is 0 Å². The molecule has 1 fully saturated rings. The van der Waals surface area contributed by atoms with Gasteiger partial charge in [-0.1, -0.05) is 89.0 Å². The summed E-state index contributed by atoms with van der Waals surface area (Å²) in [5, 5.41) is 0. The summed E-state index contributed by atoms with van der Waals surface area (Å²) in [7, 11) is 2.27. The molecule has 0 saturated carbocycles. The van der Waals surface area contributed by atoms with Crippen molar-refractivity contribution in [3.63, 3.8) is 0 Å². The smallest absolute Gasteiger partial charge is 0.0345 e. The molecule has 1 nitrogen and oxygen atoms in total. The maximum atomic E-state index is 2.51. The van der Waals surface area contributed by atoms with Crippen LogP contribution in [0.2, 0.25) is 0 Å². The molecular formula is C23H39N. The second kappa shape index (κ2) is 11.7. The summed E-state index contributed by atoms with van der Waals surface area (Å²) >= 11 is 0. The predicted octanol–water partition coefficient (Wildman–Crippen LogP) is 6.92. The Hall–Kier alpha value is -0.820. The van der Waals surface area contributed by atoms with Gasteiger partial charge in [-0.05, 0) is 50.4 Å². The van der Waals surface area contributed by atoms with Crippen LogP contribution in [0.15, 0.2) is 24.3 Å². The second-order valence-electron chi connectivity index (χ2n) is 7.82. The fourth-order valence-corrected chi connectivity index (χ4v) is 4.10. The van der Waals surface area contributed by atoms with Crippen molar-refractivity contribution in [3.8, 4) is 0 Å². The maximum absolute atomic E-state index is 2.51. The largest absolute Gasteiger partial charge is 0.299 e. The lowest BCUT2D eigenvalue weighted by molar-refractivity contribution is 0.317. The van der Waals surface area contributed by atoms with E-state index in [-0.39, 0.29) is 0 Å². The lowest BCUT2D eigenvalue weighted by Gasteiger charge is -2.20. The molecule has 0 radical (unpaired) electrons. The molecule has 1 aliphatic rings. The van der Waals surface area contributed by atoms with E-state index in [9.17, 15) is 0 Å². The molecule has 0 bridgehead atoms. The van der Waals surface area contributed by atoms with E-state index in [2.05, 4.69) is 43.1 Å². The summed E-state index contributed by atoms with van der Waals surface area (Å²) in [4.78, 5) is 2.51. The molecule has 1 heterocycles. The van der Waals surface area contributed by atoms with Crippen LogP contribution in [0.25, 0.3) is 0 Å². The summed E-state index contributed by atoms with van der Waals surface area (Å²) in [5.74, 6) is 0. The minimum atomic E-state index is 0.664. The summed E-state index contributed by atoms with van der Waals surface area (Å²) in [6.45, 7) is 3.55. The zero-order chi connectivity index (χ0) is 17.0. The Bertz CT molecular complexity index is 439. The molecule has 0 amide bonds. The Morgan fingerprint density at radius 3 is 2.21 bits per heavy atom. The van der Waals surface area contributed by atoms with Gasteiger partial charge in [0, 0.05) is 6.04 Å². The van der Waals surface area contributed by atoms with Crippen molar-refractivity contribution in [3.05, 3.63) is 35.4 Å². The zero-order valence-corrected chi connectivity index (χ0v) is 16.2. The highest BCUT2D eigenvalue weighted by Crippen LogP contribution is 2.30. The highest BCUT2D eigenvalue weighted by molar-refractivity contribution is 5.26. The van der Waals surface area contributed by atoms with E-state index in [0.717, 1.165) is 0 Å². The molecule has 0 N–H and O–H groups in total. The van der Waals surface area contributed by atoms with Crippen LogP contribution in [-0.4, -0.2) is 18.5 Å². The van der Waals surface area contributed by atoms with Crippen LogP contribution in [-0.2, 0) is 6.42 Å². The first-order valence-electron chi connectivity index (χ1n) is 10.6. The summed E-state index contributed by atoms with van der Waals surface area (Å²) in [6.07, 6.45) is 18.2. The number of rotatable bonds is 12. The number of hydrogen-bond acceptors (Lipinski definition) is 1. The van der Waals surface area contributed by atoms with Crippen LogP contribution in [0.3, 0.4) is 0 Å². The number of nitrogens with zero attached hydrogens (tertiary/aromatic N) is 1. The maximum Gasteiger partial charge on any atom is 0.0345 e. The van der Waals surface area contributed by atoms with E-state index in [0.29, 0.717) is 6.04 Å². The second-order valence-corrected chi connectivity index (χ2v) is 7.82. The highest BCUT2D eigenvalue weighted by atomic mass is 15.1. The zero-order valence-electron chi connectivity index (χ0n) is 16.2. The third-order valence-corrected chi connectivity index (χ3v) is 5.68. The molecular weight excluding hydrogens is 290 g/mol. The molecule has 0 aliphatic carbocycles. The van der Waals surface area contributed by atoms with Crippen LogP contribution in [0.5, 0.6) is 0 Å². The molecule has 1 aromatic carbocycles. The van der Waals surface area contributed by atoms with Crippen molar-refractivity contribution in [2.75, 3.05) is 13.6 Å². The lowest BCUT2D eigenvalue weighted by Crippen LogP contribution is -2.17. The monoisotopic (exact) mass is 329 g/mol. The predicted molar refractivity (Wildman–Crippen MR) is 107 cm³/mol. The Labute approximate surface area is 150 Å². The van der Waals surface area contributed by atoms with Crippen molar-refractivity contribution in [2.45, 2.75) is 96.4 Å². The Kier molecular flexibility index (Phi) is 9.50. The standard InChI is InChI=1S/C23H39N/c1-3-4-5-6-7-8-9-10-11-12-15-21-16-13-17-22(20-21)23-18-14-19-24(23)2/h13,16-17,20,23H,3-12,14-15,18-19H2,1-2H3.